The van der Waals surface area contributed by atoms with E-state index in [-0.39, 0.29) is 25.0 Å². The van der Waals surface area contributed by atoms with Gasteiger partial charge in [0.2, 0.25) is 0 Å². The van der Waals surface area contributed by atoms with Crippen molar-refractivity contribution in [1.82, 2.24) is 10.3 Å². The third-order valence-electron chi connectivity index (χ3n) is 4.42. The van der Waals surface area contributed by atoms with E-state index >= 15 is 0 Å². The quantitative estimate of drug-likeness (QED) is 0.650. The standard InChI is InChI=1S/C21H28N2O3S/c1-5-17(6-2)22-19(24)12-26-20(25)11-18-13-27-21(23-18)16-9-7-15(8-10-16)14(3)4/h7-10,13-14,17H,5-6,11-12H2,1-4H3,(H,22,24). The molecule has 146 valence electrons. The molecule has 0 saturated heterocycles. The summed E-state index contributed by atoms with van der Waals surface area (Å²) < 4.78 is 5.07. The van der Waals surface area contributed by atoms with Crippen LogP contribution >= 0.6 is 11.3 Å². The molecule has 0 aliphatic carbocycles. The van der Waals surface area contributed by atoms with Gasteiger partial charge in [-0.1, -0.05) is 52.0 Å². The number of nitrogens with zero attached hydrogens (tertiary/aromatic N) is 1. The molecule has 0 fully saturated rings. The highest BCUT2D eigenvalue weighted by molar-refractivity contribution is 7.13. The highest BCUT2D eigenvalue weighted by Crippen LogP contribution is 2.26. The number of amides is 1. The number of hydrogen-bond acceptors (Lipinski definition) is 5. The third kappa shape index (κ3) is 6.47. The molecule has 1 N–H and O–H groups in total. The van der Waals surface area contributed by atoms with Crippen molar-refractivity contribution in [3.63, 3.8) is 0 Å². The van der Waals surface area contributed by atoms with E-state index in [2.05, 4.69) is 48.4 Å². The van der Waals surface area contributed by atoms with Crippen LogP contribution in [0.2, 0.25) is 0 Å². The predicted molar refractivity (Wildman–Crippen MR) is 109 cm³/mol. The summed E-state index contributed by atoms with van der Waals surface area (Å²) in [7, 11) is 0. The van der Waals surface area contributed by atoms with Crippen LogP contribution in [0.15, 0.2) is 29.6 Å². The van der Waals surface area contributed by atoms with Gasteiger partial charge in [0.1, 0.15) is 5.01 Å². The fourth-order valence-electron chi connectivity index (χ4n) is 2.64. The summed E-state index contributed by atoms with van der Waals surface area (Å²) in [6.45, 7) is 8.09. The first-order valence-electron chi connectivity index (χ1n) is 9.42. The Morgan fingerprint density at radius 1 is 1.15 bits per heavy atom. The lowest BCUT2D eigenvalue weighted by atomic mass is 10.0. The lowest BCUT2D eigenvalue weighted by molar-refractivity contribution is -0.148. The average molecular weight is 389 g/mol. The number of aromatic nitrogens is 1. The molecule has 0 unspecified atom stereocenters. The SMILES string of the molecule is CCC(CC)NC(=O)COC(=O)Cc1csc(-c2ccc(C(C)C)cc2)n1. The number of benzene rings is 1. The summed E-state index contributed by atoms with van der Waals surface area (Å²) in [5.74, 6) is -0.217. The molecule has 0 aliphatic heterocycles. The molecule has 1 aromatic heterocycles. The normalized spacial score (nSPS) is 11.0. The molecule has 27 heavy (non-hydrogen) atoms. The van der Waals surface area contributed by atoms with E-state index in [1.807, 2.05) is 19.2 Å². The summed E-state index contributed by atoms with van der Waals surface area (Å²) >= 11 is 1.50. The maximum atomic E-state index is 12.0. The summed E-state index contributed by atoms with van der Waals surface area (Å²) in [4.78, 5) is 28.3. The molecule has 0 radical (unpaired) electrons. The molecular formula is C21H28N2O3S. The van der Waals surface area contributed by atoms with Crippen LogP contribution in [0.5, 0.6) is 0 Å². The van der Waals surface area contributed by atoms with E-state index < -0.39 is 5.97 Å². The van der Waals surface area contributed by atoms with Crippen molar-refractivity contribution in [2.75, 3.05) is 6.61 Å². The lowest BCUT2D eigenvalue weighted by Gasteiger charge is -2.14. The molecule has 5 nitrogen and oxygen atoms in total. The molecule has 2 rings (SSSR count). The molecule has 6 heteroatoms. The van der Waals surface area contributed by atoms with Crippen molar-refractivity contribution in [2.45, 2.75) is 58.9 Å². The lowest BCUT2D eigenvalue weighted by Crippen LogP contribution is -2.37. The zero-order valence-corrected chi connectivity index (χ0v) is 17.3. The summed E-state index contributed by atoms with van der Waals surface area (Å²) in [5.41, 5.74) is 2.98. The van der Waals surface area contributed by atoms with Gasteiger partial charge in [-0.3, -0.25) is 9.59 Å². The smallest absolute Gasteiger partial charge is 0.312 e. The van der Waals surface area contributed by atoms with Crippen LogP contribution in [0, 0.1) is 0 Å². The maximum Gasteiger partial charge on any atom is 0.312 e. The van der Waals surface area contributed by atoms with Crippen molar-refractivity contribution >= 4 is 23.2 Å². The zero-order valence-electron chi connectivity index (χ0n) is 16.5. The largest absolute Gasteiger partial charge is 0.455 e. The highest BCUT2D eigenvalue weighted by Gasteiger charge is 2.14. The number of carbonyl (C=O) groups is 2. The molecule has 1 aromatic carbocycles. The van der Waals surface area contributed by atoms with Gasteiger partial charge in [0.05, 0.1) is 12.1 Å². The molecule has 0 aliphatic rings. The molecular weight excluding hydrogens is 360 g/mol. The number of carbonyl (C=O) groups excluding carboxylic acids is 2. The first-order chi connectivity index (χ1) is 12.9. The highest BCUT2D eigenvalue weighted by atomic mass is 32.1. The zero-order chi connectivity index (χ0) is 19.8. The minimum absolute atomic E-state index is 0.0683. The van der Waals surface area contributed by atoms with Crippen molar-refractivity contribution in [3.05, 3.63) is 40.9 Å². The molecule has 1 amide bonds. The second kappa shape index (κ2) is 10.2. The number of hydrogen-bond donors (Lipinski definition) is 1. The number of thiazole rings is 1. The Morgan fingerprint density at radius 3 is 2.41 bits per heavy atom. The molecule has 1 heterocycles. The van der Waals surface area contributed by atoms with Gasteiger partial charge in [-0.05, 0) is 24.3 Å². The van der Waals surface area contributed by atoms with Crippen LogP contribution in [-0.4, -0.2) is 29.5 Å². The van der Waals surface area contributed by atoms with E-state index in [0.29, 0.717) is 11.6 Å². The number of rotatable bonds is 9. The number of esters is 1. The Bertz CT molecular complexity index is 749. The van der Waals surface area contributed by atoms with Gasteiger partial charge in [0.15, 0.2) is 6.61 Å². The van der Waals surface area contributed by atoms with Crippen LogP contribution < -0.4 is 5.32 Å². The number of ether oxygens (including phenoxy) is 1. The second-order valence-electron chi connectivity index (χ2n) is 6.84. The predicted octanol–water partition coefficient (Wildman–Crippen LogP) is 4.32. The van der Waals surface area contributed by atoms with Gasteiger partial charge in [0.25, 0.3) is 5.91 Å². The monoisotopic (exact) mass is 388 g/mol. The van der Waals surface area contributed by atoms with Crippen LogP contribution in [0.1, 0.15) is 57.7 Å². The van der Waals surface area contributed by atoms with Crippen molar-refractivity contribution in [3.8, 4) is 10.6 Å². The topological polar surface area (TPSA) is 68.3 Å². The van der Waals surface area contributed by atoms with E-state index in [4.69, 9.17) is 4.74 Å². The molecule has 0 atom stereocenters. The summed E-state index contributed by atoms with van der Waals surface area (Å²) in [6.07, 6.45) is 1.78. The minimum Gasteiger partial charge on any atom is -0.455 e. The maximum absolute atomic E-state index is 12.0. The van der Waals surface area contributed by atoms with Gasteiger partial charge in [-0.15, -0.1) is 11.3 Å². The van der Waals surface area contributed by atoms with Crippen molar-refractivity contribution in [2.24, 2.45) is 0 Å². The Hall–Kier alpha value is -2.21. The molecule has 2 aromatic rings. The minimum atomic E-state index is -0.443. The van der Waals surface area contributed by atoms with Gasteiger partial charge >= 0.3 is 5.97 Å². The Morgan fingerprint density at radius 2 is 1.81 bits per heavy atom. The second-order valence-corrected chi connectivity index (χ2v) is 7.70. The van der Waals surface area contributed by atoms with E-state index in [1.165, 1.54) is 16.9 Å². The fourth-order valence-corrected chi connectivity index (χ4v) is 3.46. The van der Waals surface area contributed by atoms with E-state index in [1.54, 1.807) is 0 Å². The van der Waals surface area contributed by atoms with Crippen LogP contribution in [0.25, 0.3) is 10.6 Å². The number of nitrogens with one attached hydrogen (secondary N) is 1. The third-order valence-corrected chi connectivity index (χ3v) is 5.36. The molecule has 0 saturated carbocycles. The Labute approximate surface area is 165 Å². The first-order valence-corrected chi connectivity index (χ1v) is 10.3. The van der Waals surface area contributed by atoms with Crippen LogP contribution in [0.3, 0.4) is 0 Å². The molecule has 0 bridgehead atoms. The molecule has 0 spiro atoms. The van der Waals surface area contributed by atoms with E-state index in [0.717, 1.165) is 23.4 Å². The summed E-state index contributed by atoms with van der Waals surface area (Å²) in [5, 5.41) is 5.58. The van der Waals surface area contributed by atoms with Crippen molar-refractivity contribution < 1.29 is 14.3 Å². The van der Waals surface area contributed by atoms with Crippen LogP contribution in [-0.2, 0) is 20.7 Å². The van der Waals surface area contributed by atoms with Gasteiger partial charge in [-0.2, -0.15) is 0 Å². The fraction of sp³-hybridized carbons (Fsp3) is 0.476. The Kier molecular flexibility index (Phi) is 7.98. The van der Waals surface area contributed by atoms with Gasteiger partial charge in [0, 0.05) is 17.0 Å². The van der Waals surface area contributed by atoms with Gasteiger partial charge in [-0.25, -0.2) is 4.98 Å². The first kappa shape index (κ1) is 21.1. The van der Waals surface area contributed by atoms with E-state index in [9.17, 15) is 9.59 Å². The summed E-state index contributed by atoms with van der Waals surface area (Å²) in [6, 6.07) is 8.44. The average Bonchev–Trinajstić information content (AvgIpc) is 3.12. The Balaban J connectivity index is 1.86. The van der Waals surface area contributed by atoms with Crippen LogP contribution in [0.4, 0.5) is 0 Å². The van der Waals surface area contributed by atoms with Crippen molar-refractivity contribution in [1.29, 1.82) is 0 Å². The van der Waals surface area contributed by atoms with Gasteiger partial charge < -0.3 is 10.1 Å².